The van der Waals surface area contributed by atoms with Crippen LogP contribution < -0.4 is 5.32 Å². The average molecular weight is 333 g/mol. The van der Waals surface area contributed by atoms with Crippen LogP contribution in [0.4, 0.5) is 18.9 Å². The van der Waals surface area contributed by atoms with Crippen LogP contribution >= 0.6 is 0 Å². The molecule has 0 fully saturated rings. The molecular formula is C15H18F3NO4. The highest BCUT2D eigenvalue weighted by Crippen LogP contribution is 2.30. The SMILES string of the molecule is CCOC(=O)C(C(=O)OCC)C(Nc1ccccc1)C(F)(F)F. The fourth-order valence-corrected chi connectivity index (χ4v) is 1.90. The molecule has 1 aromatic carbocycles. The molecule has 1 N–H and O–H groups in total. The first-order valence-corrected chi connectivity index (χ1v) is 7.02. The number of anilines is 1. The van der Waals surface area contributed by atoms with Crippen molar-refractivity contribution < 1.29 is 32.2 Å². The molecule has 5 nitrogen and oxygen atoms in total. The smallest absolute Gasteiger partial charge is 0.409 e. The number of hydrogen-bond acceptors (Lipinski definition) is 5. The first-order valence-electron chi connectivity index (χ1n) is 7.02. The zero-order valence-electron chi connectivity index (χ0n) is 12.7. The molecule has 23 heavy (non-hydrogen) atoms. The van der Waals surface area contributed by atoms with E-state index in [0.717, 1.165) is 0 Å². The van der Waals surface area contributed by atoms with Gasteiger partial charge in [0.2, 0.25) is 0 Å². The Morgan fingerprint density at radius 3 is 1.91 bits per heavy atom. The van der Waals surface area contributed by atoms with Crippen molar-refractivity contribution in [1.82, 2.24) is 0 Å². The van der Waals surface area contributed by atoms with Crippen molar-refractivity contribution in [3.63, 3.8) is 0 Å². The maximum Gasteiger partial charge on any atom is 0.409 e. The first-order chi connectivity index (χ1) is 10.8. The third-order valence-electron chi connectivity index (χ3n) is 2.86. The number of halogens is 3. The molecule has 1 rings (SSSR count). The number of carbonyl (C=O) groups excluding carboxylic acids is 2. The van der Waals surface area contributed by atoms with Gasteiger partial charge in [-0.2, -0.15) is 13.2 Å². The molecule has 0 bridgehead atoms. The molecular weight excluding hydrogens is 315 g/mol. The second-order valence-electron chi connectivity index (χ2n) is 4.51. The monoisotopic (exact) mass is 333 g/mol. The van der Waals surface area contributed by atoms with Crippen molar-refractivity contribution >= 4 is 17.6 Å². The Labute approximate surface area is 131 Å². The predicted molar refractivity (Wildman–Crippen MR) is 76.7 cm³/mol. The Bertz CT molecular complexity index is 501. The number of esters is 2. The zero-order chi connectivity index (χ0) is 17.5. The molecule has 0 amide bonds. The van der Waals surface area contributed by atoms with Crippen molar-refractivity contribution in [1.29, 1.82) is 0 Å². The van der Waals surface area contributed by atoms with E-state index in [1.807, 2.05) is 0 Å². The molecule has 8 heteroatoms. The zero-order valence-corrected chi connectivity index (χ0v) is 12.7. The van der Waals surface area contributed by atoms with Gasteiger partial charge in [0.25, 0.3) is 0 Å². The van der Waals surface area contributed by atoms with Crippen molar-refractivity contribution in [3.8, 4) is 0 Å². The molecule has 0 radical (unpaired) electrons. The standard InChI is InChI=1S/C15H18F3NO4/c1-3-22-13(20)11(14(21)23-4-2)12(15(16,17)18)19-10-8-6-5-7-9-10/h5-9,11-12,19H,3-4H2,1-2H3. The fraction of sp³-hybridized carbons (Fsp3) is 0.467. The largest absolute Gasteiger partial charge is 0.465 e. The summed E-state index contributed by atoms with van der Waals surface area (Å²) in [6.45, 7) is 2.58. The van der Waals surface area contributed by atoms with Crippen molar-refractivity contribution in [2.45, 2.75) is 26.1 Å². The van der Waals surface area contributed by atoms with Gasteiger partial charge in [0, 0.05) is 5.69 Å². The van der Waals surface area contributed by atoms with Crippen molar-refractivity contribution in [2.75, 3.05) is 18.5 Å². The van der Waals surface area contributed by atoms with E-state index < -0.39 is 30.1 Å². The highest BCUT2D eigenvalue weighted by molar-refractivity contribution is 5.96. The predicted octanol–water partition coefficient (Wildman–Crippen LogP) is 2.77. The number of rotatable bonds is 7. The minimum atomic E-state index is -4.86. The molecule has 0 saturated carbocycles. The van der Waals surface area contributed by atoms with Gasteiger partial charge >= 0.3 is 18.1 Å². The number of benzene rings is 1. The Hall–Kier alpha value is -2.25. The maximum absolute atomic E-state index is 13.4. The molecule has 0 aliphatic rings. The topological polar surface area (TPSA) is 64.6 Å². The average Bonchev–Trinajstić information content (AvgIpc) is 2.47. The van der Waals surface area contributed by atoms with Crippen molar-refractivity contribution in [2.24, 2.45) is 5.92 Å². The number of ether oxygens (including phenoxy) is 2. The number of para-hydroxylation sites is 1. The number of alkyl halides is 3. The number of nitrogens with one attached hydrogen (secondary N) is 1. The van der Waals surface area contributed by atoms with E-state index in [1.165, 1.54) is 38.1 Å². The van der Waals surface area contributed by atoms with Gasteiger partial charge in [-0.15, -0.1) is 0 Å². The molecule has 0 heterocycles. The Kier molecular flexibility index (Phi) is 6.87. The second kappa shape index (κ2) is 8.40. The third-order valence-corrected chi connectivity index (χ3v) is 2.86. The van der Waals surface area contributed by atoms with E-state index >= 15 is 0 Å². The van der Waals surface area contributed by atoms with Crippen LogP contribution in [-0.4, -0.2) is 37.4 Å². The van der Waals surface area contributed by atoms with Gasteiger partial charge in [0.15, 0.2) is 5.92 Å². The Balaban J connectivity index is 3.16. The number of carbonyl (C=O) groups is 2. The van der Waals surface area contributed by atoms with Crippen LogP contribution in [-0.2, 0) is 19.1 Å². The third kappa shape index (κ3) is 5.46. The Morgan fingerprint density at radius 1 is 1.04 bits per heavy atom. The molecule has 0 spiro atoms. The Morgan fingerprint density at radius 2 is 1.52 bits per heavy atom. The van der Waals surface area contributed by atoms with E-state index in [9.17, 15) is 22.8 Å². The minimum absolute atomic E-state index is 0.119. The van der Waals surface area contributed by atoms with Crippen LogP contribution in [0.2, 0.25) is 0 Å². The molecule has 0 aliphatic heterocycles. The summed E-state index contributed by atoms with van der Waals surface area (Å²) >= 11 is 0. The van der Waals surface area contributed by atoms with Gasteiger partial charge in [-0.05, 0) is 26.0 Å². The molecule has 1 atom stereocenters. The molecule has 0 aliphatic carbocycles. The lowest BCUT2D eigenvalue weighted by molar-refractivity contribution is -0.184. The van der Waals surface area contributed by atoms with Gasteiger partial charge in [0.1, 0.15) is 6.04 Å². The normalized spacial score (nSPS) is 12.6. The van der Waals surface area contributed by atoms with Gasteiger partial charge in [-0.1, -0.05) is 18.2 Å². The lowest BCUT2D eigenvalue weighted by Crippen LogP contribution is -2.50. The van der Waals surface area contributed by atoms with Crippen molar-refractivity contribution in [3.05, 3.63) is 30.3 Å². The van der Waals surface area contributed by atoms with Crippen LogP contribution in [0.15, 0.2) is 30.3 Å². The van der Waals surface area contributed by atoms with E-state index in [2.05, 4.69) is 14.8 Å². The maximum atomic E-state index is 13.4. The van der Waals surface area contributed by atoms with Gasteiger partial charge < -0.3 is 14.8 Å². The summed E-state index contributed by atoms with van der Waals surface area (Å²) in [5.41, 5.74) is 0.119. The second-order valence-corrected chi connectivity index (χ2v) is 4.51. The summed E-state index contributed by atoms with van der Waals surface area (Å²) in [6.07, 6.45) is -4.86. The molecule has 1 aromatic rings. The highest BCUT2D eigenvalue weighted by atomic mass is 19.4. The van der Waals surface area contributed by atoms with Crippen LogP contribution in [0.3, 0.4) is 0 Å². The molecule has 1 unspecified atom stereocenters. The lowest BCUT2D eigenvalue weighted by atomic mass is 9.98. The molecule has 128 valence electrons. The van der Waals surface area contributed by atoms with E-state index in [4.69, 9.17) is 0 Å². The van der Waals surface area contributed by atoms with Crippen LogP contribution in [0, 0.1) is 5.92 Å². The quantitative estimate of drug-likeness (QED) is 0.614. The summed E-state index contributed by atoms with van der Waals surface area (Å²) in [7, 11) is 0. The summed E-state index contributed by atoms with van der Waals surface area (Å²) in [5.74, 6) is -4.71. The minimum Gasteiger partial charge on any atom is -0.465 e. The van der Waals surface area contributed by atoms with Gasteiger partial charge in [0.05, 0.1) is 13.2 Å². The summed E-state index contributed by atoms with van der Waals surface area (Å²) < 4.78 is 49.3. The summed E-state index contributed by atoms with van der Waals surface area (Å²) in [4.78, 5) is 23.7. The van der Waals surface area contributed by atoms with Crippen LogP contribution in [0.5, 0.6) is 0 Å². The van der Waals surface area contributed by atoms with E-state index in [-0.39, 0.29) is 18.9 Å². The lowest BCUT2D eigenvalue weighted by Gasteiger charge is -2.27. The highest BCUT2D eigenvalue weighted by Gasteiger charge is 2.52. The van der Waals surface area contributed by atoms with Gasteiger partial charge in [-0.3, -0.25) is 9.59 Å². The number of hydrogen-bond donors (Lipinski definition) is 1. The molecule has 0 aromatic heterocycles. The molecule has 0 saturated heterocycles. The first kappa shape index (κ1) is 18.8. The van der Waals surface area contributed by atoms with Crippen LogP contribution in [0.1, 0.15) is 13.8 Å². The van der Waals surface area contributed by atoms with E-state index in [1.54, 1.807) is 6.07 Å². The summed E-state index contributed by atoms with van der Waals surface area (Å²) in [6, 6.07) is 5.02. The van der Waals surface area contributed by atoms with E-state index in [0.29, 0.717) is 0 Å². The van der Waals surface area contributed by atoms with Crippen LogP contribution in [0.25, 0.3) is 0 Å². The fourth-order valence-electron chi connectivity index (χ4n) is 1.90. The van der Waals surface area contributed by atoms with Gasteiger partial charge in [-0.25, -0.2) is 0 Å². The summed E-state index contributed by atoms with van der Waals surface area (Å²) in [5, 5.41) is 2.17.